The molecule has 0 atom stereocenters. The van der Waals surface area contributed by atoms with Crippen LogP contribution in [0.3, 0.4) is 0 Å². The molecule has 0 heterocycles. The molecule has 11 heavy (non-hydrogen) atoms. The van der Waals surface area contributed by atoms with Crippen molar-refractivity contribution in [2.45, 2.75) is 0 Å². The Morgan fingerprint density at radius 3 is 0.545 bits per heavy atom. The molecule has 0 saturated heterocycles. The Balaban J connectivity index is -0.00000000167. The summed E-state index contributed by atoms with van der Waals surface area (Å²) < 4.78 is 0. The number of hydrogen-bond acceptors (Lipinski definition) is 3. The van der Waals surface area contributed by atoms with Crippen LogP contribution in [-0.2, 0) is 33.9 Å². The Bertz CT molecular complexity index is 28.5. The number of halogens is 3. The average Bonchev–Trinajstić information content (AvgIpc) is 1.81. The minimum absolute atomic E-state index is 0. The van der Waals surface area contributed by atoms with E-state index in [1.165, 1.54) is 0 Å². The van der Waals surface area contributed by atoms with Crippen LogP contribution in [0.2, 0.25) is 0 Å². The van der Waals surface area contributed by atoms with Gasteiger partial charge in [0.1, 0.15) is 20.4 Å². The molecular weight excluding hydrogens is 424 g/mol. The molecule has 0 amide bonds. The molecule has 0 bridgehead atoms. The van der Waals surface area contributed by atoms with Crippen molar-refractivity contribution < 1.29 is 71.1 Å². The van der Waals surface area contributed by atoms with Gasteiger partial charge in [0.15, 0.2) is 0 Å². The van der Waals surface area contributed by atoms with Gasteiger partial charge in [-0.3, -0.25) is 0 Å². The summed E-state index contributed by atoms with van der Waals surface area (Å²) in [6, 6.07) is 0. The van der Waals surface area contributed by atoms with E-state index < -0.39 is 0 Å². The first-order valence-corrected chi connectivity index (χ1v) is 0.866. The zero-order valence-electron chi connectivity index (χ0n) is 5.83. The van der Waals surface area contributed by atoms with Crippen molar-refractivity contribution >= 4 is 89.3 Å². The maximum atomic E-state index is 8.00. The van der Waals surface area contributed by atoms with Crippen molar-refractivity contribution in [3.8, 4) is 0 Å². The molecule has 0 fully saturated rings. The second kappa shape index (κ2) is 257. The van der Waals surface area contributed by atoms with Crippen molar-refractivity contribution in [2.75, 3.05) is 0 Å². The molecule has 66 valence electrons. The van der Waals surface area contributed by atoms with Gasteiger partial charge in [-0.05, 0) is 0 Å². The third-order valence-electron chi connectivity index (χ3n) is 0. The van der Waals surface area contributed by atoms with Crippen molar-refractivity contribution in [2.24, 2.45) is 0 Å². The Morgan fingerprint density at radius 1 is 0.545 bits per heavy atom. The third kappa shape index (κ3) is 214. The van der Waals surface area contributed by atoms with Crippen LogP contribution in [0.15, 0.2) is 0 Å². The quantitative estimate of drug-likeness (QED) is 0.359. The average molecular weight is 430 g/mol. The minimum Gasteiger partial charge on any atom is -1.00 e. The fraction of sp³-hybridized carbons (Fsp3) is 0. The topological polar surface area (TPSA) is 51.2 Å². The number of carbonyl (C=O) groups excluding carboxylic acids is 3. The van der Waals surface area contributed by atoms with Crippen LogP contribution < -0.4 is 37.2 Å². The second-order valence-corrected chi connectivity index (χ2v) is 0. The van der Waals surface area contributed by atoms with Gasteiger partial charge in [0.25, 0.3) is 0 Å². The standard InChI is InChI=1S/3CH2O.3ClH.Cs.Ru/c3*1-2;;;;;/h3*1H2;3*1H;;/q;;;;;;;+3/p-3. The molecule has 0 N–H and O–H groups in total. The van der Waals surface area contributed by atoms with Crippen LogP contribution in [0.4, 0.5) is 0 Å². The van der Waals surface area contributed by atoms with Gasteiger partial charge in [0.05, 0.1) is 0 Å². The Kier molecular flexibility index (Phi) is 1620. The minimum atomic E-state index is 0. The Morgan fingerprint density at radius 2 is 0.545 bits per heavy atom. The predicted octanol–water partition coefficient (Wildman–Crippen LogP) is -9.93. The summed E-state index contributed by atoms with van der Waals surface area (Å²) in [4.78, 5) is 24.0. The summed E-state index contributed by atoms with van der Waals surface area (Å²) in [7, 11) is 0. The van der Waals surface area contributed by atoms with Crippen LogP contribution in [0.1, 0.15) is 0 Å². The van der Waals surface area contributed by atoms with E-state index in [1.54, 1.807) is 0 Å². The number of rotatable bonds is 0. The summed E-state index contributed by atoms with van der Waals surface area (Å²) in [6.07, 6.45) is 0. The Hall–Kier alpha value is 2.56. The maximum Gasteiger partial charge on any atom is 3.00 e. The van der Waals surface area contributed by atoms with Crippen LogP contribution in [-0.4, -0.2) is 89.3 Å². The van der Waals surface area contributed by atoms with Gasteiger partial charge in [-0.15, -0.1) is 0 Å². The summed E-state index contributed by atoms with van der Waals surface area (Å²) in [5.74, 6) is 0. The number of carbonyl (C=O) groups is 3. The van der Waals surface area contributed by atoms with E-state index in [0.29, 0.717) is 0 Å². The van der Waals surface area contributed by atoms with Crippen molar-refractivity contribution in [1.29, 1.82) is 0 Å². The summed E-state index contributed by atoms with van der Waals surface area (Å²) in [5, 5.41) is 0. The zero-order valence-corrected chi connectivity index (χ0v) is 16.1. The molecule has 0 aliphatic carbocycles. The van der Waals surface area contributed by atoms with E-state index in [1.807, 2.05) is 20.4 Å². The van der Waals surface area contributed by atoms with Crippen LogP contribution in [0, 0.1) is 0 Å². The molecule has 0 spiro atoms. The molecule has 0 aromatic carbocycles. The molecule has 2 radical (unpaired) electrons. The van der Waals surface area contributed by atoms with E-state index in [4.69, 9.17) is 14.4 Å². The third-order valence-corrected chi connectivity index (χ3v) is 0. The molecule has 0 rings (SSSR count). The molecular formula is C3H6Cl3CsO3Ru. The summed E-state index contributed by atoms with van der Waals surface area (Å²) >= 11 is 0. The van der Waals surface area contributed by atoms with E-state index in [0.717, 1.165) is 0 Å². The first-order chi connectivity index (χ1) is 3.00. The maximum absolute atomic E-state index is 8.00. The molecule has 3 nitrogen and oxygen atoms in total. The van der Waals surface area contributed by atoms with Gasteiger partial charge in [-0.1, -0.05) is 0 Å². The smallest absolute Gasteiger partial charge is 1.00 e. The number of hydrogen-bond donors (Lipinski definition) is 0. The largest absolute Gasteiger partial charge is 3.00 e. The zero-order chi connectivity index (χ0) is 6.00. The van der Waals surface area contributed by atoms with Gasteiger partial charge >= 0.3 is 19.5 Å². The predicted molar refractivity (Wildman–Crippen MR) is 27.1 cm³/mol. The monoisotopic (exact) mass is 430 g/mol. The van der Waals surface area contributed by atoms with Gasteiger partial charge in [0.2, 0.25) is 0 Å². The molecule has 8 heteroatoms. The van der Waals surface area contributed by atoms with Crippen molar-refractivity contribution in [3.05, 3.63) is 0 Å². The van der Waals surface area contributed by atoms with E-state index in [9.17, 15) is 0 Å². The van der Waals surface area contributed by atoms with Gasteiger partial charge in [0, 0.05) is 68.9 Å². The first-order valence-electron chi connectivity index (χ1n) is 0.866. The van der Waals surface area contributed by atoms with Gasteiger partial charge < -0.3 is 51.6 Å². The molecule has 0 aromatic rings. The molecule has 0 saturated carbocycles. The fourth-order valence-electron chi connectivity index (χ4n) is 0. The fourth-order valence-corrected chi connectivity index (χ4v) is 0. The normalized spacial score (nSPS) is 1.09. The van der Waals surface area contributed by atoms with Gasteiger partial charge in [-0.25, -0.2) is 0 Å². The molecule has 0 aromatic heterocycles. The van der Waals surface area contributed by atoms with Crippen molar-refractivity contribution in [1.82, 2.24) is 0 Å². The summed E-state index contributed by atoms with van der Waals surface area (Å²) in [5.41, 5.74) is 0. The SMILES string of the molecule is C=O.C=O.C=O.[Cl-].[Cl-].[Cl-].[Cs].[Ru+3]. The van der Waals surface area contributed by atoms with E-state index >= 15 is 0 Å². The Labute approximate surface area is 157 Å². The van der Waals surface area contributed by atoms with Crippen molar-refractivity contribution in [3.63, 3.8) is 0 Å². The summed E-state index contributed by atoms with van der Waals surface area (Å²) in [6.45, 7) is 6.00. The van der Waals surface area contributed by atoms with E-state index in [2.05, 4.69) is 0 Å². The van der Waals surface area contributed by atoms with Crippen LogP contribution >= 0.6 is 0 Å². The second-order valence-electron chi connectivity index (χ2n) is 0. The molecule has 0 unspecified atom stereocenters. The van der Waals surface area contributed by atoms with Crippen LogP contribution in [0.25, 0.3) is 0 Å². The first kappa shape index (κ1) is 69.2. The van der Waals surface area contributed by atoms with E-state index in [-0.39, 0.29) is 126 Å². The molecule has 0 aliphatic heterocycles. The van der Waals surface area contributed by atoms with Gasteiger partial charge in [-0.2, -0.15) is 0 Å². The molecule has 0 aliphatic rings. The van der Waals surface area contributed by atoms with Crippen LogP contribution in [0.5, 0.6) is 0 Å².